The highest BCUT2D eigenvalue weighted by atomic mass is 16.2. The van der Waals surface area contributed by atoms with Crippen LogP contribution in [0.25, 0.3) is 0 Å². The normalized spacial score (nSPS) is 24.9. The number of nitrogens with zero attached hydrogens (tertiary/aromatic N) is 2. The Balaban J connectivity index is 1.72. The molecule has 0 bridgehead atoms. The fraction of sp³-hybridized carbons (Fsp3) is 0.923. The maximum absolute atomic E-state index is 11.9. The van der Waals surface area contributed by atoms with Crippen molar-refractivity contribution in [2.24, 2.45) is 0 Å². The molecule has 0 radical (unpaired) electrons. The Morgan fingerprint density at radius 3 is 2.39 bits per heavy atom. The van der Waals surface area contributed by atoms with E-state index < -0.39 is 0 Å². The fourth-order valence-electron chi connectivity index (χ4n) is 2.65. The van der Waals surface area contributed by atoms with Gasteiger partial charge in [-0.15, -0.1) is 0 Å². The Morgan fingerprint density at radius 2 is 1.83 bits per heavy atom. The lowest BCUT2D eigenvalue weighted by molar-refractivity contribution is -0.129. The zero-order chi connectivity index (χ0) is 13.1. The van der Waals surface area contributed by atoms with E-state index >= 15 is 0 Å². The van der Waals surface area contributed by atoms with Gasteiger partial charge in [0, 0.05) is 51.4 Å². The summed E-state index contributed by atoms with van der Waals surface area (Å²) in [6.45, 7) is 12.6. The summed E-state index contributed by atoms with van der Waals surface area (Å²) >= 11 is 0. The van der Waals surface area contributed by atoms with E-state index in [0.717, 1.165) is 39.3 Å². The van der Waals surface area contributed by atoms with Gasteiger partial charge < -0.3 is 10.6 Å². The molecule has 1 amide bonds. The highest BCUT2D eigenvalue weighted by molar-refractivity contribution is 5.81. The molecule has 2 rings (SSSR count). The lowest BCUT2D eigenvalue weighted by Crippen LogP contribution is -2.66. The lowest BCUT2D eigenvalue weighted by atomic mass is 10.0. The van der Waals surface area contributed by atoms with E-state index in [4.69, 9.17) is 0 Å². The molecule has 18 heavy (non-hydrogen) atoms. The van der Waals surface area contributed by atoms with Gasteiger partial charge in [0.2, 0.25) is 5.91 Å². The first-order chi connectivity index (χ1) is 8.58. The number of hydrogen-bond acceptors (Lipinski definition) is 4. The number of nitrogens with one attached hydrogen (secondary N) is 2. The van der Waals surface area contributed by atoms with Crippen molar-refractivity contribution in [1.29, 1.82) is 0 Å². The summed E-state index contributed by atoms with van der Waals surface area (Å²) in [7, 11) is 0. The molecule has 0 spiro atoms. The highest BCUT2D eigenvalue weighted by Crippen LogP contribution is 2.18. The van der Waals surface area contributed by atoms with Gasteiger partial charge in [-0.05, 0) is 20.8 Å². The number of carbonyl (C=O) groups is 1. The number of rotatable bonds is 4. The average Bonchev–Trinajstić information content (AvgIpc) is 2.27. The summed E-state index contributed by atoms with van der Waals surface area (Å²) in [5.41, 5.74) is 0. The Morgan fingerprint density at radius 1 is 1.22 bits per heavy atom. The molecule has 2 aliphatic heterocycles. The van der Waals surface area contributed by atoms with E-state index in [2.05, 4.69) is 20.4 Å². The van der Waals surface area contributed by atoms with Crippen molar-refractivity contribution in [1.82, 2.24) is 20.4 Å². The van der Waals surface area contributed by atoms with Gasteiger partial charge in [0.05, 0.1) is 6.04 Å². The third-order valence-electron chi connectivity index (χ3n) is 3.92. The Labute approximate surface area is 110 Å². The van der Waals surface area contributed by atoms with Crippen LogP contribution in [0.2, 0.25) is 0 Å². The van der Waals surface area contributed by atoms with Crippen molar-refractivity contribution in [3.63, 3.8) is 0 Å². The summed E-state index contributed by atoms with van der Waals surface area (Å²) in [6, 6.07) is 0.887. The van der Waals surface area contributed by atoms with Crippen molar-refractivity contribution in [3.8, 4) is 0 Å². The van der Waals surface area contributed by atoms with Crippen molar-refractivity contribution in [2.75, 3.05) is 39.3 Å². The van der Waals surface area contributed by atoms with Crippen LogP contribution in [-0.2, 0) is 4.79 Å². The maximum Gasteiger partial charge on any atom is 0.237 e. The molecule has 2 aliphatic rings. The van der Waals surface area contributed by atoms with Crippen LogP contribution in [0, 0.1) is 0 Å². The Bertz CT molecular complexity index is 283. The summed E-state index contributed by atoms with van der Waals surface area (Å²) in [4.78, 5) is 16.7. The molecule has 5 heteroatoms. The Kier molecular flexibility index (Phi) is 4.59. The minimum absolute atomic E-state index is 0.00608. The molecule has 0 aromatic heterocycles. The third kappa shape index (κ3) is 3.22. The van der Waals surface area contributed by atoms with E-state index in [0.29, 0.717) is 6.04 Å². The molecule has 1 unspecified atom stereocenters. The summed E-state index contributed by atoms with van der Waals surface area (Å²) in [5.74, 6) is 0.156. The van der Waals surface area contributed by atoms with Crippen LogP contribution >= 0.6 is 0 Å². The van der Waals surface area contributed by atoms with Crippen LogP contribution in [0.3, 0.4) is 0 Å². The molecule has 2 saturated heterocycles. The first kappa shape index (κ1) is 13.8. The zero-order valence-corrected chi connectivity index (χ0v) is 11.8. The van der Waals surface area contributed by atoms with E-state index in [1.54, 1.807) is 0 Å². The van der Waals surface area contributed by atoms with Gasteiger partial charge in [0.25, 0.3) is 0 Å². The second-order valence-corrected chi connectivity index (χ2v) is 5.73. The molecule has 0 aromatic carbocycles. The molecule has 0 saturated carbocycles. The van der Waals surface area contributed by atoms with E-state index in [1.165, 1.54) is 0 Å². The molecule has 0 aliphatic carbocycles. The van der Waals surface area contributed by atoms with Crippen LogP contribution in [0.15, 0.2) is 0 Å². The van der Waals surface area contributed by atoms with E-state index in [9.17, 15) is 4.79 Å². The fourth-order valence-corrected chi connectivity index (χ4v) is 2.65. The van der Waals surface area contributed by atoms with Crippen LogP contribution in [0.1, 0.15) is 20.8 Å². The molecular weight excluding hydrogens is 228 g/mol. The minimum Gasteiger partial charge on any atom is -0.353 e. The monoisotopic (exact) mass is 254 g/mol. The largest absolute Gasteiger partial charge is 0.353 e. The van der Waals surface area contributed by atoms with Gasteiger partial charge in [0.1, 0.15) is 0 Å². The SMILES string of the molecule is CC(C)NC(=O)C(C)N1CC(N2CCNCC2)C1. The number of carbonyl (C=O) groups excluding carboxylic acids is 1. The first-order valence-corrected chi connectivity index (χ1v) is 7.07. The topological polar surface area (TPSA) is 47.6 Å². The molecule has 5 nitrogen and oxygen atoms in total. The Hall–Kier alpha value is -0.650. The highest BCUT2D eigenvalue weighted by Gasteiger charge is 2.36. The van der Waals surface area contributed by atoms with Gasteiger partial charge >= 0.3 is 0 Å². The summed E-state index contributed by atoms with van der Waals surface area (Å²) in [6.07, 6.45) is 0. The third-order valence-corrected chi connectivity index (χ3v) is 3.92. The van der Waals surface area contributed by atoms with Crippen molar-refractivity contribution in [2.45, 2.75) is 38.9 Å². The zero-order valence-electron chi connectivity index (χ0n) is 11.8. The molecule has 0 aromatic rings. The number of hydrogen-bond donors (Lipinski definition) is 2. The van der Waals surface area contributed by atoms with Crippen LogP contribution in [-0.4, -0.2) is 73.1 Å². The summed E-state index contributed by atoms with van der Waals surface area (Å²) < 4.78 is 0. The van der Waals surface area contributed by atoms with Crippen molar-refractivity contribution < 1.29 is 4.79 Å². The number of piperazine rings is 1. The molecule has 2 heterocycles. The maximum atomic E-state index is 11.9. The second-order valence-electron chi connectivity index (χ2n) is 5.73. The lowest BCUT2D eigenvalue weighted by Gasteiger charge is -2.48. The standard InChI is InChI=1S/C13H26N4O/c1-10(2)15-13(18)11(3)17-8-12(9-17)16-6-4-14-5-7-16/h10-12,14H,4-9H2,1-3H3,(H,15,18). The van der Waals surface area contributed by atoms with Gasteiger partial charge in [-0.3, -0.25) is 14.6 Å². The molecule has 1 atom stereocenters. The first-order valence-electron chi connectivity index (χ1n) is 7.07. The molecule has 2 fully saturated rings. The molecular formula is C13H26N4O. The number of amides is 1. The van der Waals surface area contributed by atoms with Crippen LogP contribution in [0.4, 0.5) is 0 Å². The minimum atomic E-state index is 0.00608. The van der Waals surface area contributed by atoms with Gasteiger partial charge in [-0.2, -0.15) is 0 Å². The van der Waals surface area contributed by atoms with E-state index in [-0.39, 0.29) is 18.0 Å². The van der Waals surface area contributed by atoms with Gasteiger partial charge in [-0.25, -0.2) is 0 Å². The molecule has 2 N–H and O–H groups in total. The quantitative estimate of drug-likeness (QED) is 0.709. The summed E-state index contributed by atoms with van der Waals surface area (Å²) in [5, 5.41) is 6.35. The van der Waals surface area contributed by atoms with Crippen LogP contribution in [0.5, 0.6) is 0 Å². The van der Waals surface area contributed by atoms with E-state index in [1.807, 2.05) is 20.8 Å². The average molecular weight is 254 g/mol. The smallest absolute Gasteiger partial charge is 0.237 e. The van der Waals surface area contributed by atoms with Crippen molar-refractivity contribution >= 4 is 5.91 Å². The van der Waals surface area contributed by atoms with Gasteiger partial charge in [-0.1, -0.05) is 0 Å². The molecule has 104 valence electrons. The predicted octanol–water partition coefficient (Wildman–Crippen LogP) is -0.511. The predicted molar refractivity (Wildman–Crippen MR) is 72.5 cm³/mol. The van der Waals surface area contributed by atoms with Crippen LogP contribution < -0.4 is 10.6 Å². The van der Waals surface area contributed by atoms with Gasteiger partial charge in [0.15, 0.2) is 0 Å². The second kappa shape index (κ2) is 5.99. The van der Waals surface area contributed by atoms with Crippen molar-refractivity contribution in [3.05, 3.63) is 0 Å². The number of likely N-dealkylation sites (tertiary alicyclic amines) is 1.